The van der Waals surface area contributed by atoms with Gasteiger partial charge in [-0.05, 0) is 61.4 Å². The highest BCUT2D eigenvalue weighted by atomic mass is 16.5. The van der Waals surface area contributed by atoms with Crippen molar-refractivity contribution >= 4 is 0 Å². The van der Waals surface area contributed by atoms with Crippen LogP contribution in [0.2, 0.25) is 0 Å². The van der Waals surface area contributed by atoms with Crippen LogP contribution >= 0.6 is 0 Å². The van der Waals surface area contributed by atoms with E-state index in [-0.39, 0.29) is 0 Å². The Labute approximate surface area is 179 Å². The third-order valence-corrected chi connectivity index (χ3v) is 5.56. The highest BCUT2D eigenvalue weighted by Gasteiger charge is 2.00. The van der Waals surface area contributed by atoms with Crippen LogP contribution in [-0.2, 0) is 19.3 Å². The molecule has 0 saturated carbocycles. The van der Waals surface area contributed by atoms with Crippen LogP contribution < -0.4 is 4.74 Å². The Morgan fingerprint density at radius 2 is 1.24 bits per heavy atom. The Kier molecular flexibility index (Phi) is 12.2. The lowest BCUT2D eigenvalue weighted by Crippen LogP contribution is -1.98. The summed E-state index contributed by atoms with van der Waals surface area (Å²) in [6.07, 6.45) is 18.3. The van der Waals surface area contributed by atoms with E-state index in [1.165, 1.54) is 74.6 Å². The predicted octanol–water partition coefficient (Wildman–Crippen LogP) is 7.73. The van der Waals surface area contributed by atoms with Crippen molar-refractivity contribution in [2.24, 2.45) is 0 Å². The second-order valence-corrected chi connectivity index (χ2v) is 8.23. The zero-order chi connectivity index (χ0) is 20.6. The zero-order valence-electron chi connectivity index (χ0n) is 18.8. The van der Waals surface area contributed by atoms with Crippen LogP contribution in [0, 0.1) is 0 Å². The molecule has 0 atom stereocenters. The molecule has 0 aliphatic carbocycles. The number of benzene rings is 1. The van der Waals surface area contributed by atoms with Crippen molar-refractivity contribution in [2.75, 3.05) is 6.61 Å². The summed E-state index contributed by atoms with van der Waals surface area (Å²) in [6, 6.07) is 13.1. The van der Waals surface area contributed by atoms with Crippen molar-refractivity contribution in [1.29, 1.82) is 0 Å². The quantitative estimate of drug-likeness (QED) is 0.271. The Balaban J connectivity index is 1.63. The van der Waals surface area contributed by atoms with E-state index in [4.69, 9.17) is 4.74 Å². The Hall–Kier alpha value is -1.83. The number of pyridine rings is 1. The van der Waals surface area contributed by atoms with Gasteiger partial charge in [-0.15, -0.1) is 0 Å². The molecule has 2 heteroatoms. The second-order valence-electron chi connectivity index (χ2n) is 8.23. The van der Waals surface area contributed by atoms with Gasteiger partial charge in [-0.2, -0.15) is 0 Å². The first-order valence-electron chi connectivity index (χ1n) is 12.0. The summed E-state index contributed by atoms with van der Waals surface area (Å²) in [5.74, 6) is 0.995. The summed E-state index contributed by atoms with van der Waals surface area (Å²) >= 11 is 0. The van der Waals surface area contributed by atoms with Gasteiger partial charge in [0.2, 0.25) is 0 Å². The molecule has 29 heavy (non-hydrogen) atoms. The van der Waals surface area contributed by atoms with Crippen LogP contribution in [-0.4, -0.2) is 11.6 Å². The van der Waals surface area contributed by atoms with Gasteiger partial charge in [0.15, 0.2) is 0 Å². The highest BCUT2D eigenvalue weighted by Crippen LogP contribution is 2.15. The average Bonchev–Trinajstić information content (AvgIpc) is 2.76. The van der Waals surface area contributed by atoms with Gasteiger partial charge < -0.3 is 4.74 Å². The highest BCUT2D eigenvalue weighted by molar-refractivity contribution is 5.28. The van der Waals surface area contributed by atoms with Crippen molar-refractivity contribution in [3.05, 3.63) is 59.4 Å². The Bertz CT molecular complexity index is 633. The summed E-state index contributed by atoms with van der Waals surface area (Å²) in [5, 5.41) is 0. The van der Waals surface area contributed by atoms with Gasteiger partial charge in [-0.25, -0.2) is 0 Å². The smallest absolute Gasteiger partial charge is 0.119 e. The summed E-state index contributed by atoms with van der Waals surface area (Å²) in [4.78, 5) is 4.66. The normalized spacial score (nSPS) is 11.0. The van der Waals surface area contributed by atoms with Gasteiger partial charge in [-0.3, -0.25) is 4.98 Å². The molecule has 0 unspecified atom stereocenters. The van der Waals surface area contributed by atoms with Crippen molar-refractivity contribution in [2.45, 2.75) is 97.3 Å². The molecular formula is C27H41NO. The van der Waals surface area contributed by atoms with Crippen LogP contribution in [0.25, 0.3) is 0 Å². The SMILES string of the molecule is CCCCCCCOc1ccc(CCc2ccc(CCCCCCC)nc2)cc1. The van der Waals surface area contributed by atoms with Crippen LogP contribution in [0.4, 0.5) is 0 Å². The molecule has 0 N–H and O–H groups in total. The lowest BCUT2D eigenvalue weighted by Gasteiger charge is -2.08. The first kappa shape index (κ1) is 23.4. The predicted molar refractivity (Wildman–Crippen MR) is 125 cm³/mol. The van der Waals surface area contributed by atoms with E-state index < -0.39 is 0 Å². The molecule has 1 heterocycles. The molecule has 0 spiro atoms. The Morgan fingerprint density at radius 3 is 1.90 bits per heavy atom. The summed E-state index contributed by atoms with van der Waals surface area (Å²) in [6.45, 7) is 5.35. The number of unbranched alkanes of at least 4 members (excludes halogenated alkanes) is 8. The van der Waals surface area contributed by atoms with Crippen LogP contribution in [0.5, 0.6) is 5.75 Å². The fraction of sp³-hybridized carbons (Fsp3) is 0.593. The topological polar surface area (TPSA) is 22.1 Å². The largest absolute Gasteiger partial charge is 0.494 e. The minimum atomic E-state index is 0.833. The molecular weight excluding hydrogens is 354 g/mol. The summed E-state index contributed by atoms with van der Waals surface area (Å²) in [5.41, 5.74) is 3.92. The molecule has 0 bridgehead atoms. The molecule has 0 aliphatic heterocycles. The van der Waals surface area contributed by atoms with Crippen LogP contribution in [0.3, 0.4) is 0 Å². The van der Waals surface area contributed by atoms with E-state index in [0.29, 0.717) is 0 Å². The minimum absolute atomic E-state index is 0.833. The van der Waals surface area contributed by atoms with E-state index in [9.17, 15) is 0 Å². The molecule has 160 valence electrons. The maximum absolute atomic E-state index is 5.86. The molecule has 2 aromatic rings. The van der Waals surface area contributed by atoms with Crippen molar-refractivity contribution < 1.29 is 4.74 Å². The number of nitrogens with zero attached hydrogens (tertiary/aromatic N) is 1. The number of hydrogen-bond acceptors (Lipinski definition) is 2. The van der Waals surface area contributed by atoms with E-state index in [1.54, 1.807) is 0 Å². The monoisotopic (exact) mass is 395 g/mol. The van der Waals surface area contributed by atoms with Gasteiger partial charge in [-0.1, -0.05) is 83.4 Å². The minimum Gasteiger partial charge on any atom is -0.494 e. The number of aromatic nitrogens is 1. The third kappa shape index (κ3) is 10.5. The molecule has 2 rings (SSSR count). The van der Waals surface area contributed by atoms with Gasteiger partial charge in [0.1, 0.15) is 5.75 Å². The lowest BCUT2D eigenvalue weighted by atomic mass is 10.0. The van der Waals surface area contributed by atoms with E-state index in [1.807, 2.05) is 0 Å². The van der Waals surface area contributed by atoms with Crippen molar-refractivity contribution in [3.8, 4) is 5.75 Å². The van der Waals surface area contributed by atoms with Crippen molar-refractivity contribution in [3.63, 3.8) is 0 Å². The van der Waals surface area contributed by atoms with Crippen LogP contribution in [0.1, 0.15) is 94.9 Å². The fourth-order valence-corrected chi connectivity index (χ4v) is 3.60. The van der Waals surface area contributed by atoms with Gasteiger partial charge >= 0.3 is 0 Å². The number of hydrogen-bond donors (Lipinski definition) is 0. The van der Waals surface area contributed by atoms with Crippen LogP contribution in [0.15, 0.2) is 42.6 Å². The standard InChI is InChI=1S/C27H41NO/c1-3-5-7-9-11-13-26-19-16-25(23-28-26)15-14-24-17-20-27(21-18-24)29-22-12-10-8-6-4-2/h16-21,23H,3-15,22H2,1-2H3. The summed E-state index contributed by atoms with van der Waals surface area (Å²) < 4.78 is 5.86. The average molecular weight is 396 g/mol. The van der Waals surface area contributed by atoms with Gasteiger partial charge in [0, 0.05) is 11.9 Å². The molecule has 0 aliphatic rings. The summed E-state index contributed by atoms with van der Waals surface area (Å²) in [7, 11) is 0. The number of ether oxygens (including phenoxy) is 1. The zero-order valence-corrected chi connectivity index (χ0v) is 18.8. The molecule has 0 fully saturated rings. The Morgan fingerprint density at radius 1 is 0.621 bits per heavy atom. The van der Waals surface area contributed by atoms with E-state index in [2.05, 4.69) is 61.4 Å². The maximum atomic E-state index is 5.86. The van der Waals surface area contributed by atoms with Crippen molar-refractivity contribution in [1.82, 2.24) is 4.98 Å². The van der Waals surface area contributed by atoms with Gasteiger partial charge in [0.25, 0.3) is 0 Å². The fourth-order valence-electron chi connectivity index (χ4n) is 3.60. The molecule has 0 saturated heterocycles. The number of rotatable bonds is 16. The van der Waals surface area contributed by atoms with E-state index in [0.717, 1.165) is 38.0 Å². The third-order valence-electron chi connectivity index (χ3n) is 5.56. The second kappa shape index (κ2) is 15.1. The molecule has 1 aromatic carbocycles. The molecule has 2 nitrogen and oxygen atoms in total. The molecule has 0 radical (unpaired) electrons. The first-order valence-corrected chi connectivity index (χ1v) is 12.0. The van der Waals surface area contributed by atoms with E-state index >= 15 is 0 Å². The first-order chi connectivity index (χ1) is 14.3. The molecule has 0 amide bonds. The van der Waals surface area contributed by atoms with Gasteiger partial charge in [0.05, 0.1) is 6.61 Å². The number of aryl methyl sites for hydroxylation is 3. The molecule has 1 aromatic heterocycles. The maximum Gasteiger partial charge on any atom is 0.119 e. The lowest BCUT2D eigenvalue weighted by molar-refractivity contribution is 0.304.